The van der Waals surface area contributed by atoms with Gasteiger partial charge in [-0.1, -0.05) is 34.8 Å². The van der Waals surface area contributed by atoms with Crippen molar-refractivity contribution in [2.24, 2.45) is 0 Å². The van der Waals surface area contributed by atoms with Crippen molar-refractivity contribution in [3.8, 4) is 5.75 Å². The third-order valence-corrected chi connectivity index (χ3v) is 5.89. The van der Waals surface area contributed by atoms with Gasteiger partial charge in [-0.25, -0.2) is 9.59 Å². The molecule has 3 rings (SSSR count). The molecular formula is C22H19Cl3N2O8. The van der Waals surface area contributed by atoms with E-state index in [-0.39, 0.29) is 39.4 Å². The van der Waals surface area contributed by atoms with Crippen LogP contribution in [0.2, 0.25) is 10.0 Å². The second-order valence-electron chi connectivity index (χ2n) is 7.95. The highest BCUT2D eigenvalue weighted by atomic mass is 35.5. The van der Waals surface area contributed by atoms with E-state index in [1.807, 2.05) is 0 Å². The number of benzene rings is 1. The number of carbonyl (C=O) groups excluding carboxylic acids is 4. The number of rotatable bonds is 7. The smallest absolute Gasteiger partial charge is 0.330 e. The van der Waals surface area contributed by atoms with Crippen LogP contribution in [0.1, 0.15) is 25.8 Å². The maximum absolute atomic E-state index is 12.6. The predicted molar refractivity (Wildman–Crippen MR) is 124 cm³/mol. The monoisotopic (exact) mass is 544 g/mol. The highest BCUT2D eigenvalue weighted by molar-refractivity contribution is 6.45. The average molecular weight is 546 g/mol. The van der Waals surface area contributed by atoms with Crippen LogP contribution in [0.4, 0.5) is 0 Å². The summed E-state index contributed by atoms with van der Waals surface area (Å²) in [4.78, 5) is 58.9. The Morgan fingerprint density at radius 1 is 1.14 bits per heavy atom. The minimum absolute atomic E-state index is 0.0259. The van der Waals surface area contributed by atoms with Crippen molar-refractivity contribution in [1.29, 1.82) is 0 Å². The maximum Gasteiger partial charge on any atom is 0.330 e. The number of ether oxygens (including phenoxy) is 2. The third-order valence-electron chi connectivity index (χ3n) is 5.05. The summed E-state index contributed by atoms with van der Waals surface area (Å²) in [5.74, 6) is -4.07. The first kappa shape index (κ1) is 26.5. The summed E-state index contributed by atoms with van der Waals surface area (Å²) < 4.78 is 11.1. The number of aliphatic carboxylic acids is 1. The molecule has 0 radical (unpaired) electrons. The van der Waals surface area contributed by atoms with E-state index in [9.17, 15) is 29.1 Å². The maximum atomic E-state index is 12.6. The van der Waals surface area contributed by atoms with E-state index in [4.69, 9.17) is 44.3 Å². The molecule has 13 heteroatoms. The topological polar surface area (TPSA) is 148 Å². The van der Waals surface area contributed by atoms with Gasteiger partial charge in [0.05, 0.1) is 15.1 Å². The number of amides is 2. The fourth-order valence-electron chi connectivity index (χ4n) is 3.66. The van der Waals surface area contributed by atoms with Gasteiger partial charge in [0.25, 0.3) is 0 Å². The molecule has 1 unspecified atom stereocenters. The number of esters is 1. The van der Waals surface area contributed by atoms with Crippen molar-refractivity contribution in [1.82, 2.24) is 10.6 Å². The number of carbonyl (C=O) groups is 5. The van der Waals surface area contributed by atoms with Crippen molar-refractivity contribution < 1.29 is 38.6 Å². The number of carboxylic acid groups (broad SMARTS) is 1. The van der Waals surface area contributed by atoms with Crippen molar-refractivity contribution in [2.75, 3.05) is 0 Å². The van der Waals surface area contributed by atoms with Crippen LogP contribution in [0.15, 0.2) is 35.1 Å². The fraction of sp³-hybridized carbons (Fsp3) is 0.318. The minimum Gasteiger partial charge on any atom is -0.480 e. The van der Waals surface area contributed by atoms with Crippen LogP contribution in [0, 0.1) is 0 Å². The molecule has 1 aromatic carbocycles. The molecule has 0 aromatic heterocycles. The van der Waals surface area contributed by atoms with Gasteiger partial charge in [-0.3, -0.25) is 14.4 Å². The van der Waals surface area contributed by atoms with Gasteiger partial charge in [-0.2, -0.15) is 0 Å². The zero-order valence-corrected chi connectivity index (χ0v) is 20.6. The van der Waals surface area contributed by atoms with E-state index in [0.29, 0.717) is 5.56 Å². The molecule has 1 heterocycles. The summed E-state index contributed by atoms with van der Waals surface area (Å²) in [5.41, 5.74) is -1.05. The Hall–Kier alpha value is -3.08. The summed E-state index contributed by atoms with van der Waals surface area (Å²) in [6.07, 6.45) is 2.36. The number of nitrogens with one attached hydrogen (secondary N) is 2. The van der Waals surface area contributed by atoms with E-state index >= 15 is 0 Å². The van der Waals surface area contributed by atoms with Crippen LogP contribution in [0.25, 0.3) is 0 Å². The number of hydrogen-bond acceptors (Lipinski definition) is 7. The first-order valence-electron chi connectivity index (χ1n) is 10.1. The van der Waals surface area contributed by atoms with Gasteiger partial charge in [-0.15, -0.1) is 0 Å². The van der Waals surface area contributed by atoms with Gasteiger partial charge in [0.2, 0.25) is 17.6 Å². The number of allylic oxidation sites excluding steroid dienone is 1. The second-order valence-corrected chi connectivity index (χ2v) is 9.17. The van der Waals surface area contributed by atoms with Crippen LogP contribution in [0.5, 0.6) is 5.75 Å². The Morgan fingerprint density at radius 2 is 1.77 bits per heavy atom. The number of hydrogen-bond donors (Lipinski definition) is 3. The van der Waals surface area contributed by atoms with E-state index in [1.165, 1.54) is 38.1 Å². The lowest BCUT2D eigenvalue weighted by Crippen LogP contribution is -2.41. The molecule has 2 amide bonds. The average Bonchev–Trinajstić information content (AvgIpc) is 3.01. The molecule has 1 spiro atoms. The molecule has 1 saturated heterocycles. The number of halogens is 3. The van der Waals surface area contributed by atoms with Gasteiger partial charge >= 0.3 is 11.9 Å². The molecular weight excluding hydrogens is 527 g/mol. The van der Waals surface area contributed by atoms with Crippen molar-refractivity contribution in [2.45, 2.75) is 44.4 Å². The Kier molecular flexibility index (Phi) is 7.78. The van der Waals surface area contributed by atoms with Crippen LogP contribution in [-0.4, -0.2) is 52.3 Å². The van der Waals surface area contributed by atoms with Gasteiger partial charge < -0.3 is 25.2 Å². The van der Waals surface area contributed by atoms with Crippen LogP contribution in [0.3, 0.4) is 0 Å². The summed E-state index contributed by atoms with van der Waals surface area (Å²) in [6.45, 7) is 2.44. The van der Waals surface area contributed by atoms with Crippen molar-refractivity contribution >= 4 is 64.3 Å². The number of Topliss-reactive ketones (excluding diaryl/α,β-unsaturated/α-hetero) is 1. The van der Waals surface area contributed by atoms with E-state index in [2.05, 4.69) is 10.6 Å². The van der Waals surface area contributed by atoms with E-state index < -0.39 is 47.2 Å². The van der Waals surface area contributed by atoms with Gasteiger partial charge in [0, 0.05) is 32.8 Å². The van der Waals surface area contributed by atoms with Crippen LogP contribution >= 0.6 is 34.8 Å². The molecule has 1 fully saturated rings. The molecule has 35 heavy (non-hydrogen) atoms. The zero-order valence-electron chi connectivity index (χ0n) is 18.3. The normalized spacial score (nSPS) is 22.1. The van der Waals surface area contributed by atoms with E-state index in [0.717, 1.165) is 0 Å². The van der Waals surface area contributed by atoms with Gasteiger partial charge in [-0.05, 0) is 23.8 Å². The predicted octanol–water partition coefficient (Wildman–Crippen LogP) is 2.28. The molecule has 1 aliphatic heterocycles. The Bertz CT molecular complexity index is 1170. The Labute approximate surface area is 214 Å². The third kappa shape index (κ3) is 6.14. The lowest BCUT2D eigenvalue weighted by molar-refractivity contribution is -0.145. The molecule has 0 saturated carbocycles. The summed E-state index contributed by atoms with van der Waals surface area (Å²) in [5, 5.41) is 13.7. The number of ketones is 1. The van der Waals surface area contributed by atoms with Crippen LogP contribution in [-0.2, 0) is 35.1 Å². The fourth-order valence-corrected chi connectivity index (χ4v) is 4.54. The Balaban J connectivity index is 1.88. The lowest BCUT2D eigenvalue weighted by atomic mass is 9.91. The van der Waals surface area contributed by atoms with Crippen LogP contribution < -0.4 is 15.4 Å². The summed E-state index contributed by atoms with van der Waals surface area (Å²) >= 11 is 18.7. The molecule has 1 aliphatic carbocycles. The lowest BCUT2D eigenvalue weighted by Gasteiger charge is -2.26. The largest absolute Gasteiger partial charge is 0.480 e. The standard InChI is InChI=1S/C22H19Cl3N2O8/c1-9(28)26-15(20(31)32)5-11-3-12(23)19(13(24)4-11)34-17-8-22(6-14(25)18(17)30)7-16(21(33)35-22)27-10(2)29/h3-4,6,8,15-16H,5,7H2,1-2H3,(H,26,28)(H,27,29)(H,31,32)/t15-,16-,22?/m0/s1. The Morgan fingerprint density at radius 3 is 2.31 bits per heavy atom. The summed E-state index contributed by atoms with van der Waals surface area (Å²) in [6, 6.07) is 0.594. The second kappa shape index (κ2) is 10.3. The highest BCUT2D eigenvalue weighted by Gasteiger charge is 2.48. The molecule has 1 aromatic rings. The van der Waals surface area contributed by atoms with Crippen molar-refractivity contribution in [3.63, 3.8) is 0 Å². The molecule has 0 bridgehead atoms. The molecule has 3 N–H and O–H groups in total. The zero-order chi connectivity index (χ0) is 26.1. The quantitative estimate of drug-likeness (QED) is 0.442. The molecule has 186 valence electrons. The summed E-state index contributed by atoms with van der Waals surface area (Å²) in [7, 11) is 0. The van der Waals surface area contributed by atoms with E-state index in [1.54, 1.807) is 0 Å². The first-order chi connectivity index (χ1) is 16.3. The molecule has 10 nitrogen and oxygen atoms in total. The first-order valence-corrected chi connectivity index (χ1v) is 11.2. The molecule has 3 atom stereocenters. The highest BCUT2D eigenvalue weighted by Crippen LogP contribution is 2.40. The van der Waals surface area contributed by atoms with Gasteiger partial charge in [0.15, 0.2) is 17.1 Å². The number of carboxylic acids is 1. The SMILES string of the molecule is CC(=O)N[C@@H](Cc1cc(Cl)c(OC2=CC3(C=C(Cl)C2=O)C[C@H](NC(C)=O)C(=O)O3)c(Cl)c1)C(=O)O. The molecule has 2 aliphatic rings. The van der Waals surface area contributed by atoms with Crippen molar-refractivity contribution in [3.05, 3.63) is 50.7 Å². The van der Waals surface area contributed by atoms with Gasteiger partial charge in [0.1, 0.15) is 12.1 Å². The minimum atomic E-state index is -1.43.